The molecule has 0 spiro atoms. The van der Waals surface area contributed by atoms with Crippen LogP contribution in [0, 0.1) is 0 Å². The lowest BCUT2D eigenvalue weighted by Gasteiger charge is -2.22. The molecule has 1 unspecified atom stereocenters. The summed E-state index contributed by atoms with van der Waals surface area (Å²) < 4.78 is 0. The average molecular weight is 298 g/mol. The fourth-order valence-corrected chi connectivity index (χ4v) is 2.19. The van der Waals surface area contributed by atoms with Gasteiger partial charge in [-0.25, -0.2) is 0 Å². The van der Waals surface area contributed by atoms with Gasteiger partial charge in [-0.15, -0.1) is 12.4 Å². The highest BCUT2D eigenvalue weighted by atomic mass is 35.5. The molecule has 0 aromatic heterocycles. The van der Waals surface area contributed by atoms with Gasteiger partial charge in [-0.05, 0) is 30.9 Å². The molecular formula is C14H20ClN3O2. The number of amides is 2. The minimum Gasteiger partial charge on any atom is -0.399 e. The van der Waals surface area contributed by atoms with Crippen LogP contribution < -0.4 is 16.4 Å². The standard InChI is InChI=1S/C14H19N3O2.ClH/c15-11-5-2-1-4-10(11)7-8-13(18)17-12-6-3-9-16-14(12)19;/h1-2,4-5,12H,3,6-9,15H2,(H,16,19)(H,17,18);1H. The van der Waals surface area contributed by atoms with Crippen LogP contribution in [0.5, 0.6) is 0 Å². The largest absolute Gasteiger partial charge is 0.399 e. The zero-order valence-electron chi connectivity index (χ0n) is 11.2. The molecule has 1 aliphatic rings. The molecule has 0 aliphatic carbocycles. The van der Waals surface area contributed by atoms with Gasteiger partial charge in [0.15, 0.2) is 0 Å². The van der Waals surface area contributed by atoms with E-state index in [0.717, 1.165) is 12.0 Å². The van der Waals surface area contributed by atoms with Crippen molar-refractivity contribution in [3.8, 4) is 0 Å². The number of halogens is 1. The predicted molar refractivity (Wildman–Crippen MR) is 80.6 cm³/mol. The molecule has 6 heteroatoms. The summed E-state index contributed by atoms with van der Waals surface area (Å²) in [6.45, 7) is 0.700. The number of hydrogen-bond acceptors (Lipinski definition) is 3. The first-order chi connectivity index (χ1) is 9.16. The Hall–Kier alpha value is -1.75. The summed E-state index contributed by atoms with van der Waals surface area (Å²) in [6, 6.07) is 7.12. The second kappa shape index (κ2) is 7.75. The van der Waals surface area contributed by atoms with Crippen molar-refractivity contribution in [2.45, 2.75) is 31.7 Å². The monoisotopic (exact) mass is 297 g/mol. The summed E-state index contributed by atoms with van der Waals surface area (Å²) in [6.07, 6.45) is 2.55. The van der Waals surface area contributed by atoms with E-state index in [1.165, 1.54) is 0 Å². The van der Waals surface area contributed by atoms with Crippen LogP contribution in [0.3, 0.4) is 0 Å². The zero-order valence-corrected chi connectivity index (χ0v) is 12.0. The number of aryl methyl sites for hydroxylation is 1. The molecule has 0 bridgehead atoms. The predicted octanol–water partition coefficient (Wildman–Crippen LogP) is 1.02. The summed E-state index contributed by atoms with van der Waals surface area (Å²) in [5.74, 6) is -0.191. The molecule has 0 radical (unpaired) electrons. The van der Waals surface area contributed by atoms with E-state index in [4.69, 9.17) is 5.73 Å². The highest BCUT2D eigenvalue weighted by Gasteiger charge is 2.23. The van der Waals surface area contributed by atoms with Gasteiger partial charge in [0.2, 0.25) is 11.8 Å². The van der Waals surface area contributed by atoms with E-state index < -0.39 is 0 Å². The van der Waals surface area contributed by atoms with Crippen LogP contribution >= 0.6 is 12.4 Å². The second-order valence-electron chi connectivity index (χ2n) is 4.75. The van der Waals surface area contributed by atoms with Gasteiger partial charge in [0.1, 0.15) is 6.04 Å². The van der Waals surface area contributed by atoms with Crippen molar-refractivity contribution in [3.05, 3.63) is 29.8 Å². The number of anilines is 1. The van der Waals surface area contributed by atoms with E-state index in [2.05, 4.69) is 10.6 Å². The number of benzene rings is 1. The van der Waals surface area contributed by atoms with Crippen LogP contribution in [0.4, 0.5) is 5.69 Å². The van der Waals surface area contributed by atoms with Crippen LogP contribution in [0.2, 0.25) is 0 Å². The number of carbonyl (C=O) groups is 2. The van der Waals surface area contributed by atoms with Crippen molar-refractivity contribution in [2.24, 2.45) is 0 Å². The maximum Gasteiger partial charge on any atom is 0.242 e. The number of carbonyl (C=O) groups excluding carboxylic acids is 2. The first-order valence-corrected chi connectivity index (χ1v) is 6.57. The topological polar surface area (TPSA) is 84.2 Å². The molecule has 2 amide bonds. The zero-order chi connectivity index (χ0) is 13.7. The Kier molecular flexibility index (Phi) is 6.31. The van der Waals surface area contributed by atoms with Crippen LogP contribution in [-0.4, -0.2) is 24.4 Å². The van der Waals surface area contributed by atoms with Crippen molar-refractivity contribution in [1.29, 1.82) is 0 Å². The quantitative estimate of drug-likeness (QED) is 0.726. The van der Waals surface area contributed by atoms with Crippen molar-refractivity contribution in [3.63, 3.8) is 0 Å². The molecule has 1 aromatic carbocycles. The smallest absolute Gasteiger partial charge is 0.242 e. The van der Waals surface area contributed by atoms with Crippen LogP contribution in [-0.2, 0) is 16.0 Å². The summed E-state index contributed by atoms with van der Waals surface area (Å²) >= 11 is 0. The normalized spacial score (nSPS) is 17.8. The fourth-order valence-electron chi connectivity index (χ4n) is 2.19. The third kappa shape index (κ3) is 4.42. The van der Waals surface area contributed by atoms with E-state index in [-0.39, 0.29) is 30.3 Å². The van der Waals surface area contributed by atoms with Crippen LogP contribution in [0.25, 0.3) is 0 Å². The Balaban J connectivity index is 0.00000200. The van der Waals surface area contributed by atoms with E-state index in [0.29, 0.717) is 31.5 Å². The molecule has 1 saturated heterocycles. The second-order valence-corrected chi connectivity index (χ2v) is 4.75. The molecule has 110 valence electrons. The molecule has 4 N–H and O–H groups in total. The third-order valence-electron chi connectivity index (χ3n) is 3.30. The molecule has 2 rings (SSSR count). The highest BCUT2D eigenvalue weighted by molar-refractivity contribution is 5.88. The molecule has 1 aromatic rings. The summed E-state index contributed by atoms with van der Waals surface area (Å²) in [5.41, 5.74) is 7.48. The SMILES string of the molecule is Cl.Nc1ccccc1CCC(=O)NC1CCCNC1=O. The average Bonchev–Trinajstić information content (AvgIpc) is 2.40. The van der Waals surface area contributed by atoms with Crippen molar-refractivity contribution in [1.82, 2.24) is 10.6 Å². The summed E-state index contributed by atoms with van der Waals surface area (Å²) in [5, 5.41) is 5.51. The lowest BCUT2D eigenvalue weighted by atomic mass is 10.1. The highest BCUT2D eigenvalue weighted by Crippen LogP contribution is 2.12. The van der Waals surface area contributed by atoms with Crippen molar-refractivity contribution < 1.29 is 9.59 Å². The van der Waals surface area contributed by atoms with Gasteiger partial charge in [0.25, 0.3) is 0 Å². The van der Waals surface area contributed by atoms with Gasteiger partial charge >= 0.3 is 0 Å². The number of rotatable bonds is 4. The van der Waals surface area contributed by atoms with Crippen molar-refractivity contribution >= 4 is 29.9 Å². The fraction of sp³-hybridized carbons (Fsp3) is 0.429. The maximum absolute atomic E-state index is 11.8. The number of nitrogen functional groups attached to an aromatic ring is 1. The molecule has 0 saturated carbocycles. The summed E-state index contributed by atoms with van der Waals surface area (Å²) in [4.78, 5) is 23.3. The van der Waals surface area contributed by atoms with Gasteiger partial charge in [-0.3, -0.25) is 9.59 Å². The number of hydrogen-bond donors (Lipinski definition) is 3. The number of piperidine rings is 1. The number of nitrogens with two attached hydrogens (primary N) is 1. The van der Waals surface area contributed by atoms with Gasteiger partial charge in [-0.2, -0.15) is 0 Å². The molecule has 1 aliphatic heterocycles. The van der Waals surface area contributed by atoms with Crippen LogP contribution in [0.15, 0.2) is 24.3 Å². The third-order valence-corrected chi connectivity index (χ3v) is 3.30. The van der Waals surface area contributed by atoms with E-state index in [1.807, 2.05) is 24.3 Å². The minimum atomic E-state index is -0.380. The molecule has 20 heavy (non-hydrogen) atoms. The Morgan fingerprint density at radius 1 is 1.40 bits per heavy atom. The van der Waals surface area contributed by atoms with E-state index >= 15 is 0 Å². The lowest BCUT2D eigenvalue weighted by Crippen LogP contribution is -2.50. The van der Waals surface area contributed by atoms with Gasteiger partial charge in [0.05, 0.1) is 0 Å². The van der Waals surface area contributed by atoms with Gasteiger partial charge in [-0.1, -0.05) is 18.2 Å². The first kappa shape index (κ1) is 16.3. The Labute approximate surface area is 124 Å². The summed E-state index contributed by atoms with van der Waals surface area (Å²) in [7, 11) is 0. The Morgan fingerprint density at radius 2 is 2.15 bits per heavy atom. The van der Waals surface area contributed by atoms with E-state index in [1.54, 1.807) is 0 Å². The van der Waals surface area contributed by atoms with Crippen molar-refractivity contribution in [2.75, 3.05) is 12.3 Å². The minimum absolute atomic E-state index is 0. The van der Waals surface area contributed by atoms with E-state index in [9.17, 15) is 9.59 Å². The molecular weight excluding hydrogens is 278 g/mol. The molecule has 1 fully saturated rings. The number of para-hydroxylation sites is 1. The lowest BCUT2D eigenvalue weighted by molar-refractivity contribution is -0.130. The van der Waals surface area contributed by atoms with Gasteiger partial charge < -0.3 is 16.4 Å². The molecule has 1 atom stereocenters. The molecule has 5 nitrogen and oxygen atoms in total. The Morgan fingerprint density at radius 3 is 2.85 bits per heavy atom. The number of nitrogens with one attached hydrogen (secondary N) is 2. The Bertz CT molecular complexity index is 479. The maximum atomic E-state index is 11.8. The van der Waals surface area contributed by atoms with Crippen LogP contribution in [0.1, 0.15) is 24.8 Å². The van der Waals surface area contributed by atoms with Gasteiger partial charge in [0, 0.05) is 18.7 Å². The first-order valence-electron chi connectivity index (χ1n) is 6.57. The molecule has 1 heterocycles.